The summed E-state index contributed by atoms with van der Waals surface area (Å²) in [6.45, 7) is 0.560. The zero-order valence-electron chi connectivity index (χ0n) is 16.2. The SMILES string of the molecule is N#Cc1ccc(C=CCNC(=O)OCC2c3ccccc3-c3ccccc32)cc1O. The van der Waals surface area contributed by atoms with E-state index in [0.29, 0.717) is 0 Å². The molecule has 0 saturated carbocycles. The minimum absolute atomic E-state index is 0.0281. The molecule has 0 fully saturated rings. The van der Waals surface area contributed by atoms with E-state index < -0.39 is 6.09 Å². The highest BCUT2D eigenvalue weighted by Gasteiger charge is 2.28. The summed E-state index contributed by atoms with van der Waals surface area (Å²) >= 11 is 0. The third-order valence-electron chi connectivity index (χ3n) is 5.16. The number of benzene rings is 3. The quantitative estimate of drug-likeness (QED) is 0.648. The zero-order valence-corrected chi connectivity index (χ0v) is 16.2. The predicted octanol–water partition coefficient (Wildman–Crippen LogP) is 4.82. The van der Waals surface area contributed by atoms with E-state index in [-0.39, 0.29) is 30.4 Å². The molecule has 3 aromatic carbocycles. The maximum absolute atomic E-state index is 12.1. The summed E-state index contributed by atoms with van der Waals surface area (Å²) in [4.78, 5) is 12.1. The summed E-state index contributed by atoms with van der Waals surface area (Å²) < 4.78 is 5.48. The second-order valence-corrected chi connectivity index (χ2v) is 7.00. The molecule has 1 aliphatic carbocycles. The number of hydrogen-bond acceptors (Lipinski definition) is 4. The van der Waals surface area contributed by atoms with Crippen LogP contribution in [0.2, 0.25) is 0 Å². The monoisotopic (exact) mass is 396 g/mol. The lowest BCUT2D eigenvalue weighted by atomic mass is 9.98. The highest BCUT2D eigenvalue weighted by Crippen LogP contribution is 2.44. The average molecular weight is 396 g/mol. The number of hydrogen-bond donors (Lipinski definition) is 2. The normalized spacial score (nSPS) is 12.2. The van der Waals surface area contributed by atoms with Crippen molar-refractivity contribution >= 4 is 12.2 Å². The summed E-state index contributed by atoms with van der Waals surface area (Å²) in [5.41, 5.74) is 5.69. The molecule has 0 bridgehead atoms. The van der Waals surface area contributed by atoms with Gasteiger partial charge in [-0.2, -0.15) is 5.26 Å². The number of phenolic OH excluding ortho intramolecular Hbond substituents is 1. The van der Waals surface area contributed by atoms with Crippen molar-refractivity contribution in [3.63, 3.8) is 0 Å². The van der Waals surface area contributed by atoms with Crippen LogP contribution in [0.25, 0.3) is 17.2 Å². The lowest BCUT2D eigenvalue weighted by Crippen LogP contribution is -2.26. The van der Waals surface area contributed by atoms with E-state index in [0.717, 1.165) is 5.56 Å². The fourth-order valence-corrected chi connectivity index (χ4v) is 3.73. The van der Waals surface area contributed by atoms with Gasteiger partial charge in [-0.05, 0) is 39.9 Å². The molecular weight excluding hydrogens is 376 g/mol. The van der Waals surface area contributed by atoms with Gasteiger partial charge < -0.3 is 15.2 Å². The molecule has 0 aromatic heterocycles. The Bertz CT molecular complexity index is 1120. The smallest absolute Gasteiger partial charge is 0.407 e. The van der Waals surface area contributed by atoms with Gasteiger partial charge in [-0.1, -0.05) is 66.7 Å². The Balaban J connectivity index is 1.32. The molecule has 0 atom stereocenters. The van der Waals surface area contributed by atoms with Gasteiger partial charge >= 0.3 is 6.09 Å². The Morgan fingerprint density at radius 1 is 1.07 bits per heavy atom. The number of nitrogens with one attached hydrogen (secondary N) is 1. The third kappa shape index (κ3) is 3.89. The number of carbonyl (C=O) groups is 1. The summed E-state index contributed by atoms with van der Waals surface area (Å²) in [5, 5.41) is 21.2. The molecule has 148 valence electrons. The van der Waals surface area contributed by atoms with Gasteiger partial charge in [-0.25, -0.2) is 4.79 Å². The Morgan fingerprint density at radius 3 is 2.37 bits per heavy atom. The number of aromatic hydroxyl groups is 1. The first kappa shape index (κ1) is 19.3. The molecule has 0 spiro atoms. The summed E-state index contributed by atoms with van der Waals surface area (Å²) in [5.74, 6) is -0.0375. The van der Waals surface area contributed by atoms with Crippen molar-refractivity contribution in [3.8, 4) is 22.9 Å². The van der Waals surface area contributed by atoms with E-state index in [1.165, 1.54) is 28.3 Å². The van der Waals surface area contributed by atoms with Crippen LogP contribution in [-0.2, 0) is 4.74 Å². The molecule has 5 nitrogen and oxygen atoms in total. The first-order valence-corrected chi connectivity index (χ1v) is 9.66. The first-order chi connectivity index (χ1) is 14.7. The van der Waals surface area contributed by atoms with Gasteiger partial charge in [0.15, 0.2) is 0 Å². The number of amides is 1. The van der Waals surface area contributed by atoms with E-state index in [1.807, 2.05) is 30.3 Å². The van der Waals surface area contributed by atoms with Crippen molar-refractivity contribution in [2.75, 3.05) is 13.2 Å². The van der Waals surface area contributed by atoms with Crippen molar-refractivity contribution in [1.29, 1.82) is 5.26 Å². The Morgan fingerprint density at radius 2 is 1.73 bits per heavy atom. The van der Waals surface area contributed by atoms with Crippen LogP contribution in [0.5, 0.6) is 5.75 Å². The predicted molar refractivity (Wildman–Crippen MR) is 115 cm³/mol. The van der Waals surface area contributed by atoms with Crippen molar-refractivity contribution in [1.82, 2.24) is 5.32 Å². The summed E-state index contributed by atoms with van der Waals surface area (Å²) in [6, 6.07) is 23.1. The van der Waals surface area contributed by atoms with Crippen molar-refractivity contribution in [2.24, 2.45) is 0 Å². The fraction of sp³-hybridized carbons (Fsp3) is 0.120. The molecule has 0 radical (unpaired) electrons. The largest absolute Gasteiger partial charge is 0.507 e. The van der Waals surface area contributed by atoms with Gasteiger partial charge in [0.25, 0.3) is 0 Å². The topological polar surface area (TPSA) is 82.4 Å². The highest BCUT2D eigenvalue weighted by atomic mass is 16.5. The molecule has 0 unspecified atom stereocenters. The molecular formula is C25H20N2O3. The first-order valence-electron chi connectivity index (χ1n) is 9.66. The number of ether oxygens (including phenoxy) is 1. The van der Waals surface area contributed by atoms with E-state index in [2.05, 4.69) is 29.6 Å². The number of rotatable bonds is 5. The van der Waals surface area contributed by atoms with Gasteiger partial charge in [0.1, 0.15) is 18.4 Å². The molecule has 1 amide bonds. The van der Waals surface area contributed by atoms with E-state index >= 15 is 0 Å². The van der Waals surface area contributed by atoms with Crippen LogP contribution in [-0.4, -0.2) is 24.4 Å². The summed E-state index contributed by atoms with van der Waals surface area (Å²) in [6.07, 6.45) is 3.02. The van der Waals surface area contributed by atoms with Crippen LogP contribution < -0.4 is 5.32 Å². The Labute approximate surface area is 174 Å². The van der Waals surface area contributed by atoms with Gasteiger partial charge in [-0.15, -0.1) is 0 Å². The molecule has 2 N–H and O–H groups in total. The molecule has 0 heterocycles. The summed E-state index contributed by atoms with van der Waals surface area (Å²) in [7, 11) is 0. The lowest BCUT2D eigenvalue weighted by molar-refractivity contribution is 0.144. The highest BCUT2D eigenvalue weighted by molar-refractivity contribution is 5.79. The number of nitriles is 1. The van der Waals surface area contributed by atoms with Crippen LogP contribution in [0.4, 0.5) is 4.79 Å². The molecule has 30 heavy (non-hydrogen) atoms. The molecule has 4 rings (SSSR count). The Hall–Kier alpha value is -4.04. The number of fused-ring (bicyclic) bond motifs is 3. The van der Waals surface area contributed by atoms with Crippen molar-refractivity contribution in [3.05, 3.63) is 95.1 Å². The van der Waals surface area contributed by atoms with Crippen LogP contribution in [0, 0.1) is 11.3 Å². The lowest BCUT2D eigenvalue weighted by Gasteiger charge is -2.14. The van der Waals surface area contributed by atoms with Crippen LogP contribution >= 0.6 is 0 Å². The van der Waals surface area contributed by atoms with Crippen molar-refractivity contribution < 1.29 is 14.6 Å². The fourth-order valence-electron chi connectivity index (χ4n) is 3.73. The van der Waals surface area contributed by atoms with E-state index in [4.69, 9.17) is 10.00 Å². The minimum Gasteiger partial charge on any atom is -0.507 e. The molecule has 0 saturated heterocycles. The number of nitrogens with zero attached hydrogens (tertiary/aromatic N) is 1. The average Bonchev–Trinajstić information content (AvgIpc) is 3.09. The van der Waals surface area contributed by atoms with Gasteiger partial charge in [0.2, 0.25) is 0 Å². The van der Waals surface area contributed by atoms with Crippen LogP contribution in [0.1, 0.15) is 28.2 Å². The minimum atomic E-state index is -0.482. The maximum atomic E-state index is 12.1. The van der Waals surface area contributed by atoms with Gasteiger partial charge in [-0.3, -0.25) is 0 Å². The van der Waals surface area contributed by atoms with E-state index in [1.54, 1.807) is 24.3 Å². The van der Waals surface area contributed by atoms with Crippen molar-refractivity contribution in [2.45, 2.75) is 5.92 Å². The van der Waals surface area contributed by atoms with E-state index in [9.17, 15) is 9.90 Å². The second-order valence-electron chi connectivity index (χ2n) is 7.00. The third-order valence-corrected chi connectivity index (χ3v) is 5.16. The molecule has 1 aliphatic rings. The molecule has 0 aliphatic heterocycles. The number of alkyl carbamates (subject to hydrolysis) is 1. The van der Waals surface area contributed by atoms with Crippen LogP contribution in [0.3, 0.4) is 0 Å². The Kier molecular flexibility index (Phi) is 5.49. The molecule has 3 aromatic rings. The van der Waals surface area contributed by atoms with Crippen LogP contribution in [0.15, 0.2) is 72.8 Å². The zero-order chi connectivity index (χ0) is 20.9. The number of carbonyl (C=O) groups excluding carboxylic acids is 1. The second kappa shape index (κ2) is 8.54. The van der Waals surface area contributed by atoms with Gasteiger partial charge in [0.05, 0.1) is 5.56 Å². The maximum Gasteiger partial charge on any atom is 0.407 e. The number of phenols is 1. The standard InChI is InChI=1S/C25H20N2O3/c26-15-18-12-11-17(14-24(18)28)6-5-13-27-25(29)30-16-23-21-9-3-1-7-19(21)20-8-2-4-10-22(20)23/h1-12,14,23,28H,13,16H2,(H,27,29). The molecule has 5 heteroatoms. The van der Waals surface area contributed by atoms with Gasteiger partial charge in [0, 0.05) is 12.5 Å².